The fourth-order valence-electron chi connectivity index (χ4n) is 3.11. The molecule has 152 valence electrons. The van der Waals surface area contributed by atoms with Crippen LogP contribution in [0.2, 0.25) is 0 Å². The molecule has 1 N–H and O–H groups in total. The van der Waals surface area contributed by atoms with Crippen molar-refractivity contribution < 1.29 is 13.2 Å². The van der Waals surface area contributed by atoms with Gasteiger partial charge in [0.15, 0.2) is 15.0 Å². The number of carbonyl (C=O) groups excluding carboxylic acids is 1. The van der Waals surface area contributed by atoms with Crippen molar-refractivity contribution >= 4 is 33.2 Å². The third-order valence-corrected chi connectivity index (χ3v) is 7.41. The monoisotopic (exact) mass is 431 g/mol. The Hall–Kier alpha value is -2.64. The second-order valence-electron chi connectivity index (χ2n) is 6.78. The van der Waals surface area contributed by atoms with Gasteiger partial charge in [-0.2, -0.15) is 5.26 Å². The Labute approximate surface area is 173 Å². The van der Waals surface area contributed by atoms with Crippen LogP contribution < -0.4 is 5.32 Å². The summed E-state index contributed by atoms with van der Waals surface area (Å²) in [6.07, 6.45) is 2.21. The van der Waals surface area contributed by atoms with Crippen LogP contribution in [0.5, 0.6) is 0 Å². The Balaban J connectivity index is 1.74. The number of aromatic nitrogens is 3. The van der Waals surface area contributed by atoms with Crippen LogP contribution in [-0.2, 0) is 21.2 Å². The van der Waals surface area contributed by atoms with Crippen LogP contribution in [0.4, 0.5) is 5.69 Å². The molecule has 8 nitrogen and oxygen atoms in total. The van der Waals surface area contributed by atoms with Crippen LogP contribution in [-0.4, -0.2) is 45.8 Å². The Morgan fingerprint density at radius 1 is 1.52 bits per heavy atom. The van der Waals surface area contributed by atoms with E-state index in [1.54, 1.807) is 37.3 Å². The van der Waals surface area contributed by atoms with E-state index in [0.717, 1.165) is 0 Å². The summed E-state index contributed by atoms with van der Waals surface area (Å²) in [6.45, 7) is 5.93. The van der Waals surface area contributed by atoms with Crippen molar-refractivity contribution in [3.05, 3.63) is 48.3 Å². The summed E-state index contributed by atoms with van der Waals surface area (Å²) < 4.78 is 25.5. The minimum atomic E-state index is -3.04. The van der Waals surface area contributed by atoms with Crippen molar-refractivity contribution in [2.24, 2.45) is 0 Å². The zero-order valence-electron chi connectivity index (χ0n) is 15.9. The third-order valence-electron chi connectivity index (χ3n) is 4.57. The number of anilines is 1. The molecule has 1 saturated heterocycles. The summed E-state index contributed by atoms with van der Waals surface area (Å²) in [4.78, 5) is 12.6. The van der Waals surface area contributed by atoms with E-state index < -0.39 is 15.1 Å². The number of benzene rings is 1. The highest BCUT2D eigenvalue weighted by Gasteiger charge is 2.33. The number of nitrogens with zero attached hydrogens (tertiary/aromatic N) is 4. The predicted octanol–water partition coefficient (Wildman–Crippen LogP) is 2.36. The van der Waals surface area contributed by atoms with Crippen molar-refractivity contribution in [2.75, 3.05) is 16.8 Å². The van der Waals surface area contributed by atoms with Gasteiger partial charge >= 0.3 is 0 Å². The van der Waals surface area contributed by atoms with Gasteiger partial charge in [-0.05, 0) is 31.5 Å². The number of hydrogen-bond donors (Lipinski definition) is 1. The smallest absolute Gasteiger partial charge is 0.237 e. The van der Waals surface area contributed by atoms with Gasteiger partial charge in [0.25, 0.3) is 0 Å². The maximum absolute atomic E-state index is 12.6. The van der Waals surface area contributed by atoms with Crippen molar-refractivity contribution in [3.8, 4) is 6.07 Å². The molecule has 2 heterocycles. The number of sulfone groups is 1. The Bertz CT molecular complexity index is 1070. The largest absolute Gasteiger partial charge is 0.325 e. The molecule has 1 aliphatic heterocycles. The molecule has 2 aromatic rings. The normalized spacial score (nSPS) is 18.7. The molecule has 0 saturated carbocycles. The first-order chi connectivity index (χ1) is 13.8. The molecule has 1 fully saturated rings. The molecule has 1 aliphatic rings. The molecule has 2 atom stereocenters. The van der Waals surface area contributed by atoms with Gasteiger partial charge in [-0.1, -0.05) is 23.9 Å². The van der Waals surface area contributed by atoms with E-state index in [4.69, 9.17) is 5.26 Å². The first-order valence-corrected chi connectivity index (χ1v) is 11.7. The summed E-state index contributed by atoms with van der Waals surface area (Å²) in [6, 6.07) is 8.72. The average Bonchev–Trinajstić information content (AvgIpc) is 3.25. The van der Waals surface area contributed by atoms with Gasteiger partial charge < -0.3 is 9.88 Å². The highest BCUT2D eigenvalue weighted by atomic mass is 32.2. The van der Waals surface area contributed by atoms with Crippen molar-refractivity contribution in [3.63, 3.8) is 0 Å². The standard InChI is InChI=1S/C19H21N5O3S2/c1-3-8-24-17(15-7-9-29(26,27)12-15)22-23-19(24)28-13(2)18(25)21-16-6-4-5-14(10-16)11-20/h3-6,10,13,15H,1,7-9,12H2,2H3,(H,21,25)/t13-,15+/m1/s1. The number of hydrogen-bond acceptors (Lipinski definition) is 7. The molecule has 1 amide bonds. The Morgan fingerprint density at radius 2 is 2.31 bits per heavy atom. The SMILES string of the molecule is C=CCn1c(S[C@H](C)C(=O)Nc2cccc(C#N)c2)nnc1[C@H]1CCS(=O)(=O)C1. The number of rotatable bonds is 7. The highest BCUT2D eigenvalue weighted by Crippen LogP contribution is 2.31. The van der Waals surface area contributed by atoms with E-state index in [9.17, 15) is 13.2 Å². The summed E-state index contributed by atoms with van der Waals surface area (Å²) in [5.74, 6) is 0.408. The van der Waals surface area contributed by atoms with Gasteiger partial charge in [0, 0.05) is 18.2 Å². The molecule has 0 spiro atoms. The lowest BCUT2D eigenvalue weighted by molar-refractivity contribution is -0.115. The lowest BCUT2D eigenvalue weighted by atomic mass is 10.1. The van der Waals surface area contributed by atoms with E-state index in [1.807, 2.05) is 10.6 Å². The van der Waals surface area contributed by atoms with E-state index >= 15 is 0 Å². The zero-order valence-corrected chi connectivity index (χ0v) is 17.5. The molecule has 0 unspecified atom stereocenters. The minimum absolute atomic E-state index is 0.0677. The van der Waals surface area contributed by atoms with Crippen LogP contribution in [0, 0.1) is 11.3 Å². The van der Waals surface area contributed by atoms with Gasteiger partial charge in [0.1, 0.15) is 5.82 Å². The molecular formula is C19H21N5O3S2. The topological polar surface area (TPSA) is 118 Å². The molecule has 0 aliphatic carbocycles. The van der Waals surface area contributed by atoms with Crippen molar-refractivity contribution in [1.82, 2.24) is 14.8 Å². The summed E-state index contributed by atoms with van der Waals surface area (Å²) in [7, 11) is -3.04. The summed E-state index contributed by atoms with van der Waals surface area (Å²) in [5.41, 5.74) is 1.01. The van der Waals surface area contributed by atoms with Crippen LogP contribution in [0.1, 0.15) is 30.7 Å². The van der Waals surface area contributed by atoms with Gasteiger partial charge in [-0.15, -0.1) is 16.8 Å². The number of allylic oxidation sites excluding steroid dienone is 1. The second-order valence-corrected chi connectivity index (χ2v) is 10.3. The predicted molar refractivity (Wildman–Crippen MR) is 111 cm³/mol. The summed E-state index contributed by atoms with van der Waals surface area (Å²) >= 11 is 1.24. The lowest BCUT2D eigenvalue weighted by Gasteiger charge is -2.14. The molecule has 1 aromatic carbocycles. The minimum Gasteiger partial charge on any atom is -0.325 e. The molecule has 0 radical (unpaired) electrons. The van der Waals surface area contributed by atoms with Crippen LogP contribution in [0.3, 0.4) is 0 Å². The molecule has 29 heavy (non-hydrogen) atoms. The highest BCUT2D eigenvalue weighted by molar-refractivity contribution is 8.00. The van der Waals surface area contributed by atoms with Gasteiger partial charge in [-0.3, -0.25) is 4.79 Å². The molecule has 0 bridgehead atoms. The maximum atomic E-state index is 12.6. The van der Waals surface area contributed by atoms with E-state index in [2.05, 4.69) is 22.1 Å². The van der Waals surface area contributed by atoms with Crippen molar-refractivity contribution in [1.29, 1.82) is 5.26 Å². The van der Waals surface area contributed by atoms with Gasteiger partial charge in [0.2, 0.25) is 5.91 Å². The van der Waals surface area contributed by atoms with Crippen LogP contribution >= 0.6 is 11.8 Å². The van der Waals surface area contributed by atoms with Crippen molar-refractivity contribution in [2.45, 2.75) is 36.2 Å². The zero-order chi connectivity index (χ0) is 21.0. The van der Waals surface area contributed by atoms with Crippen LogP contribution in [0.25, 0.3) is 0 Å². The van der Waals surface area contributed by atoms with E-state index in [1.165, 1.54) is 11.8 Å². The maximum Gasteiger partial charge on any atom is 0.237 e. The molecular weight excluding hydrogens is 410 g/mol. The Morgan fingerprint density at radius 3 is 2.97 bits per heavy atom. The number of nitriles is 1. The molecule has 3 rings (SSSR count). The molecule has 10 heteroatoms. The van der Waals surface area contributed by atoms with Gasteiger partial charge in [0.05, 0.1) is 28.4 Å². The van der Waals surface area contributed by atoms with E-state index in [-0.39, 0.29) is 23.3 Å². The van der Waals surface area contributed by atoms with E-state index in [0.29, 0.717) is 35.2 Å². The second kappa shape index (κ2) is 8.80. The van der Waals surface area contributed by atoms with Gasteiger partial charge in [-0.25, -0.2) is 8.42 Å². The number of thioether (sulfide) groups is 1. The lowest BCUT2D eigenvalue weighted by Crippen LogP contribution is -2.23. The first-order valence-electron chi connectivity index (χ1n) is 9.05. The number of nitrogens with one attached hydrogen (secondary N) is 1. The number of carbonyl (C=O) groups is 1. The fraction of sp³-hybridized carbons (Fsp3) is 0.368. The molecule has 1 aromatic heterocycles. The summed E-state index contributed by atoms with van der Waals surface area (Å²) in [5, 5.41) is 20.2. The van der Waals surface area contributed by atoms with Crippen LogP contribution in [0.15, 0.2) is 42.1 Å². The average molecular weight is 432 g/mol. The first kappa shape index (κ1) is 21.1. The fourth-order valence-corrected chi connectivity index (χ4v) is 5.72. The quantitative estimate of drug-likeness (QED) is 0.528. The number of amides is 1. The third kappa shape index (κ3) is 5.05. The Kier molecular flexibility index (Phi) is 6.39.